The second-order valence-corrected chi connectivity index (χ2v) is 9.37. The van der Waals surface area contributed by atoms with E-state index in [2.05, 4.69) is 36.4 Å². The zero-order valence-electron chi connectivity index (χ0n) is 15.4. The first-order valence-electron chi connectivity index (χ1n) is 7.78. The molecule has 0 aliphatic heterocycles. The number of hydrogen-bond acceptors (Lipinski definition) is 0. The van der Waals surface area contributed by atoms with Gasteiger partial charge >= 0.3 is 37.9 Å². The molecule has 0 nitrogen and oxygen atoms in total. The molecule has 0 unspecified atom stereocenters. The van der Waals surface area contributed by atoms with E-state index in [1.807, 2.05) is 0 Å². The van der Waals surface area contributed by atoms with Crippen LogP contribution in [0.2, 0.25) is 0 Å². The van der Waals surface area contributed by atoms with Gasteiger partial charge in [0, 0.05) is 0 Å². The molecule has 0 N–H and O–H groups in total. The van der Waals surface area contributed by atoms with Crippen LogP contribution in [0.5, 0.6) is 0 Å². The van der Waals surface area contributed by atoms with E-state index in [4.69, 9.17) is 17.0 Å². The molecule has 2 aromatic rings. The van der Waals surface area contributed by atoms with Gasteiger partial charge in [0.2, 0.25) is 0 Å². The molecule has 2 aliphatic rings. The summed E-state index contributed by atoms with van der Waals surface area (Å²) in [5.41, 5.74) is 6.39. The van der Waals surface area contributed by atoms with Crippen LogP contribution in [-0.4, -0.2) is 11.0 Å². The normalized spacial score (nSPS) is 13.6. The number of hydrogen-bond donors (Lipinski definition) is 0. The van der Waals surface area contributed by atoms with Crippen LogP contribution in [0.15, 0.2) is 36.4 Å². The Balaban J connectivity index is 0. The van der Waals surface area contributed by atoms with Crippen LogP contribution in [0.25, 0.3) is 0 Å². The van der Waals surface area contributed by atoms with Crippen LogP contribution in [0.3, 0.4) is 0 Å². The molecule has 1 radical (unpaired) electrons. The van der Waals surface area contributed by atoms with Gasteiger partial charge in [0.15, 0.2) is 0 Å². The van der Waals surface area contributed by atoms with Gasteiger partial charge in [0.1, 0.15) is 0 Å². The Hall–Kier alpha value is 0.380. The quantitative estimate of drug-likeness (QED) is 0.351. The molecule has 4 rings (SSSR count). The van der Waals surface area contributed by atoms with E-state index < -0.39 is 20.8 Å². The van der Waals surface area contributed by atoms with Crippen molar-refractivity contribution in [2.45, 2.75) is 51.4 Å². The second-order valence-electron chi connectivity index (χ2n) is 5.64. The Kier molecular flexibility index (Phi) is 17.3. The van der Waals surface area contributed by atoms with Gasteiger partial charge in [0.05, 0.1) is 0 Å². The van der Waals surface area contributed by atoms with E-state index in [1.165, 1.54) is 51.4 Å². The fraction of sp³-hybridized carbons (Fsp3) is 0.400. The van der Waals surface area contributed by atoms with Gasteiger partial charge in [-0.3, -0.25) is 0 Å². The van der Waals surface area contributed by atoms with Gasteiger partial charge in [-0.15, -0.1) is 0 Å². The Morgan fingerprint density at radius 2 is 1.04 bits per heavy atom. The Labute approximate surface area is 172 Å². The van der Waals surface area contributed by atoms with Crippen molar-refractivity contribution >= 4 is 28.0 Å². The van der Waals surface area contributed by atoms with Crippen molar-refractivity contribution in [2.75, 3.05) is 0 Å². The number of halogens is 2. The van der Waals surface area contributed by atoms with Crippen LogP contribution in [0.1, 0.15) is 47.9 Å². The molecule has 137 valence electrons. The van der Waals surface area contributed by atoms with Gasteiger partial charge in [-0.1, -0.05) is 51.4 Å². The Morgan fingerprint density at radius 3 is 1.38 bits per heavy atom. The SMILES string of the molecule is [CH3-].[CH3-].[Cl][Zr][Cl].[SiH3].c1cc2c([cH-]1)CCCC2.c1cc2c([cH-]1)CCCC2. The molecule has 24 heavy (non-hydrogen) atoms. The van der Waals surface area contributed by atoms with Crippen LogP contribution < -0.4 is 0 Å². The summed E-state index contributed by atoms with van der Waals surface area (Å²) in [6.07, 6.45) is 10.9. The zero-order valence-corrected chi connectivity index (χ0v) is 21.3. The van der Waals surface area contributed by atoms with Crippen molar-refractivity contribution in [3.63, 3.8) is 0 Å². The molecule has 4 heteroatoms. The van der Waals surface area contributed by atoms with Gasteiger partial charge in [-0.25, -0.2) is 12.1 Å². The van der Waals surface area contributed by atoms with Crippen LogP contribution >= 0.6 is 17.0 Å². The largest absolute Gasteiger partial charge is 0.210 e. The molecular formula is C20H31Cl2SiZr-4. The minimum absolute atomic E-state index is 0. The van der Waals surface area contributed by atoms with Crippen LogP contribution in [0, 0.1) is 14.9 Å². The van der Waals surface area contributed by atoms with E-state index in [-0.39, 0.29) is 25.8 Å². The third-order valence-corrected chi connectivity index (χ3v) is 4.30. The summed E-state index contributed by atoms with van der Waals surface area (Å²) in [5.74, 6) is 0. The number of rotatable bonds is 0. The monoisotopic (exact) mass is 459 g/mol. The third-order valence-electron chi connectivity index (χ3n) is 4.30. The summed E-state index contributed by atoms with van der Waals surface area (Å²) in [6, 6.07) is 13.4. The topological polar surface area (TPSA) is 0 Å². The summed E-state index contributed by atoms with van der Waals surface area (Å²) >= 11 is -0.826. The van der Waals surface area contributed by atoms with Crippen molar-refractivity contribution in [3.05, 3.63) is 73.5 Å². The molecule has 0 atom stereocenters. The van der Waals surface area contributed by atoms with E-state index in [0.717, 1.165) is 0 Å². The van der Waals surface area contributed by atoms with E-state index >= 15 is 0 Å². The maximum Gasteiger partial charge on any atom is -0.0125 e. The first-order valence-corrected chi connectivity index (χ1v) is 14.1. The van der Waals surface area contributed by atoms with Crippen LogP contribution in [-0.2, 0) is 46.5 Å². The fourth-order valence-electron chi connectivity index (χ4n) is 3.23. The molecule has 0 bridgehead atoms. The predicted molar refractivity (Wildman–Crippen MR) is 112 cm³/mol. The van der Waals surface area contributed by atoms with Gasteiger partial charge in [-0.2, -0.15) is 46.5 Å². The maximum atomic E-state index is 4.93. The summed E-state index contributed by atoms with van der Waals surface area (Å²) in [7, 11) is 9.87. The molecule has 0 saturated carbocycles. The smallest absolute Gasteiger partial charge is 0.0125 e. The van der Waals surface area contributed by atoms with E-state index in [9.17, 15) is 0 Å². The van der Waals surface area contributed by atoms with Crippen molar-refractivity contribution in [1.82, 2.24) is 0 Å². The van der Waals surface area contributed by atoms with Gasteiger partial charge in [0.25, 0.3) is 0 Å². The van der Waals surface area contributed by atoms with Gasteiger partial charge < -0.3 is 14.9 Å². The van der Waals surface area contributed by atoms with Crippen molar-refractivity contribution in [1.29, 1.82) is 0 Å². The first-order chi connectivity index (χ1) is 10.3. The van der Waals surface area contributed by atoms with Gasteiger partial charge in [-0.05, 0) is 11.0 Å². The summed E-state index contributed by atoms with van der Waals surface area (Å²) in [6.45, 7) is 0. The predicted octanol–water partition coefficient (Wildman–Crippen LogP) is 5.66. The average Bonchev–Trinajstić information content (AvgIpc) is 3.17. The minimum Gasteiger partial charge on any atom is -0.210 e. The second kappa shape index (κ2) is 15.6. The number of aryl methyl sites for hydroxylation is 4. The summed E-state index contributed by atoms with van der Waals surface area (Å²) < 4.78 is 0. The molecule has 0 aromatic heterocycles. The maximum absolute atomic E-state index is 4.93. The van der Waals surface area contributed by atoms with E-state index in [1.54, 1.807) is 22.3 Å². The average molecular weight is 462 g/mol. The Morgan fingerprint density at radius 1 is 0.708 bits per heavy atom. The molecule has 0 saturated heterocycles. The minimum atomic E-state index is -0.826. The fourth-order valence-corrected chi connectivity index (χ4v) is 3.23. The summed E-state index contributed by atoms with van der Waals surface area (Å²) in [4.78, 5) is 0. The van der Waals surface area contributed by atoms with Crippen molar-refractivity contribution in [2.24, 2.45) is 0 Å². The number of fused-ring (bicyclic) bond motifs is 2. The molecular weight excluding hydrogens is 430 g/mol. The van der Waals surface area contributed by atoms with Crippen molar-refractivity contribution in [3.8, 4) is 0 Å². The van der Waals surface area contributed by atoms with Crippen molar-refractivity contribution < 1.29 is 20.8 Å². The van der Waals surface area contributed by atoms with Crippen LogP contribution in [0.4, 0.5) is 0 Å². The first kappa shape index (κ1) is 26.6. The molecule has 0 heterocycles. The Bertz CT molecular complexity index is 432. The van der Waals surface area contributed by atoms with E-state index in [0.29, 0.717) is 0 Å². The molecule has 0 spiro atoms. The molecule has 2 aromatic carbocycles. The summed E-state index contributed by atoms with van der Waals surface area (Å²) in [5, 5.41) is 0. The standard InChI is InChI=1S/2C9H11.2CH3.2ClH.H3Si.Zr/c2*1-2-5-9-7-3-6-8(9)4-1;;;;;;/h2*3,6-7H,1-2,4-5H2;2*1H3;2*1H;1H3;/q4*-1;;;;+2/p-2. The molecule has 0 amide bonds. The third kappa shape index (κ3) is 8.65. The molecule has 2 aliphatic carbocycles. The molecule has 0 fully saturated rings. The zero-order chi connectivity index (χ0) is 14.9.